The van der Waals surface area contributed by atoms with Crippen LogP contribution in [0.1, 0.15) is 27.6 Å². The number of carbonyl (C=O) groups excluding carboxylic acids is 1. The van der Waals surface area contributed by atoms with Crippen molar-refractivity contribution in [2.45, 2.75) is 6.10 Å². The van der Waals surface area contributed by atoms with Crippen molar-refractivity contribution < 1.29 is 9.53 Å². The molecule has 1 aliphatic rings. The van der Waals surface area contributed by atoms with Crippen LogP contribution in [0.15, 0.2) is 84.4 Å². The van der Waals surface area contributed by atoms with Crippen LogP contribution in [0.2, 0.25) is 5.02 Å². The molecule has 0 aromatic heterocycles. The number of ketones is 1. The van der Waals surface area contributed by atoms with Crippen LogP contribution in [-0.4, -0.2) is 5.78 Å². The second kappa shape index (κ2) is 6.58. The number of para-hydroxylation sites is 1. The SMILES string of the molecule is O=C1/C(=C/c2ccc(Cl)cc2)C(c2ccccc2)Oc2ccccc21. The van der Waals surface area contributed by atoms with E-state index in [4.69, 9.17) is 16.3 Å². The second-order valence-corrected chi connectivity index (χ2v) is 6.32. The lowest BCUT2D eigenvalue weighted by Gasteiger charge is -2.28. The number of benzene rings is 3. The number of hydrogen-bond acceptors (Lipinski definition) is 2. The lowest BCUT2D eigenvalue weighted by Crippen LogP contribution is -2.23. The highest BCUT2D eigenvalue weighted by atomic mass is 35.5. The monoisotopic (exact) mass is 346 g/mol. The Hall–Kier alpha value is -2.84. The van der Waals surface area contributed by atoms with E-state index in [2.05, 4.69) is 0 Å². The first-order chi connectivity index (χ1) is 12.2. The summed E-state index contributed by atoms with van der Waals surface area (Å²) in [5.74, 6) is 0.611. The van der Waals surface area contributed by atoms with Crippen LogP contribution >= 0.6 is 11.6 Å². The summed E-state index contributed by atoms with van der Waals surface area (Å²) in [5, 5.41) is 0.665. The summed E-state index contributed by atoms with van der Waals surface area (Å²) in [7, 11) is 0. The minimum atomic E-state index is -0.431. The fourth-order valence-electron chi connectivity index (χ4n) is 2.98. The highest BCUT2D eigenvalue weighted by molar-refractivity contribution is 6.30. The fourth-order valence-corrected chi connectivity index (χ4v) is 3.10. The Morgan fingerprint density at radius 3 is 2.28 bits per heavy atom. The van der Waals surface area contributed by atoms with Crippen LogP contribution in [-0.2, 0) is 0 Å². The topological polar surface area (TPSA) is 26.3 Å². The molecule has 0 fully saturated rings. The molecule has 0 bridgehead atoms. The third-order valence-electron chi connectivity index (χ3n) is 4.22. The van der Waals surface area contributed by atoms with Crippen LogP contribution in [0.3, 0.4) is 0 Å². The van der Waals surface area contributed by atoms with E-state index in [1.54, 1.807) is 6.07 Å². The summed E-state index contributed by atoms with van der Waals surface area (Å²) in [4.78, 5) is 13.1. The standard InChI is InChI=1S/C22H15ClO2/c23-17-12-10-15(11-13-17)14-19-21(24)18-8-4-5-9-20(18)25-22(19)16-6-2-1-3-7-16/h1-14,22H/b19-14-. The van der Waals surface area contributed by atoms with Gasteiger partial charge >= 0.3 is 0 Å². The number of halogens is 1. The zero-order valence-electron chi connectivity index (χ0n) is 13.4. The molecular formula is C22H15ClO2. The molecule has 0 saturated heterocycles. The molecule has 3 aromatic carbocycles. The molecule has 2 nitrogen and oxygen atoms in total. The summed E-state index contributed by atoms with van der Waals surface area (Å²) in [6.07, 6.45) is 1.45. The van der Waals surface area contributed by atoms with Gasteiger partial charge in [-0.2, -0.15) is 0 Å². The summed E-state index contributed by atoms with van der Waals surface area (Å²) < 4.78 is 6.18. The summed E-state index contributed by atoms with van der Waals surface area (Å²) in [5.41, 5.74) is 3.07. The summed E-state index contributed by atoms with van der Waals surface area (Å²) >= 11 is 5.96. The van der Waals surface area contributed by atoms with Gasteiger partial charge in [0, 0.05) is 10.6 Å². The average molecular weight is 347 g/mol. The molecule has 1 aliphatic heterocycles. The van der Waals surface area contributed by atoms with Gasteiger partial charge in [-0.05, 0) is 41.5 Å². The van der Waals surface area contributed by atoms with Crippen molar-refractivity contribution in [3.05, 3.63) is 106 Å². The van der Waals surface area contributed by atoms with Gasteiger partial charge in [0.05, 0.1) is 5.56 Å². The molecule has 0 N–H and O–H groups in total. The van der Waals surface area contributed by atoms with E-state index in [1.807, 2.05) is 78.9 Å². The summed E-state index contributed by atoms with van der Waals surface area (Å²) in [6.45, 7) is 0. The van der Waals surface area contributed by atoms with Crippen LogP contribution in [0.5, 0.6) is 5.75 Å². The highest BCUT2D eigenvalue weighted by Crippen LogP contribution is 2.39. The van der Waals surface area contributed by atoms with Gasteiger partial charge in [-0.15, -0.1) is 0 Å². The van der Waals surface area contributed by atoms with E-state index >= 15 is 0 Å². The molecule has 4 rings (SSSR count). The predicted molar refractivity (Wildman–Crippen MR) is 100 cm³/mol. The van der Waals surface area contributed by atoms with Crippen LogP contribution in [0.25, 0.3) is 6.08 Å². The van der Waals surface area contributed by atoms with Gasteiger partial charge in [0.25, 0.3) is 0 Å². The van der Waals surface area contributed by atoms with Gasteiger partial charge in [0.15, 0.2) is 11.9 Å². The third kappa shape index (κ3) is 3.09. The van der Waals surface area contributed by atoms with Crippen molar-refractivity contribution in [3.8, 4) is 5.75 Å². The number of hydrogen-bond donors (Lipinski definition) is 0. The van der Waals surface area contributed by atoms with E-state index in [-0.39, 0.29) is 5.78 Å². The maximum Gasteiger partial charge on any atom is 0.196 e. The lowest BCUT2D eigenvalue weighted by atomic mass is 9.89. The van der Waals surface area contributed by atoms with E-state index in [0.29, 0.717) is 21.9 Å². The number of carbonyl (C=O) groups is 1. The van der Waals surface area contributed by atoms with Crippen molar-refractivity contribution in [1.29, 1.82) is 0 Å². The van der Waals surface area contributed by atoms with Crippen molar-refractivity contribution in [2.24, 2.45) is 0 Å². The smallest absolute Gasteiger partial charge is 0.196 e. The van der Waals surface area contributed by atoms with E-state index < -0.39 is 6.10 Å². The largest absolute Gasteiger partial charge is 0.480 e. The van der Waals surface area contributed by atoms with Crippen molar-refractivity contribution in [2.75, 3.05) is 0 Å². The molecule has 0 spiro atoms. The normalized spacial score (nSPS) is 17.9. The molecule has 3 aromatic rings. The highest BCUT2D eigenvalue weighted by Gasteiger charge is 2.32. The Morgan fingerprint density at radius 2 is 1.52 bits per heavy atom. The van der Waals surface area contributed by atoms with E-state index in [9.17, 15) is 4.79 Å². The van der Waals surface area contributed by atoms with Gasteiger partial charge < -0.3 is 4.74 Å². The van der Waals surface area contributed by atoms with Gasteiger partial charge in [-0.3, -0.25) is 4.79 Å². The Bertz CT molecular complexity index is 943. The molecular weight excluding hydrogens is 332 g/mol. The molecule has 1 heterocycles. The molecule has 0 radical (unpaired) electrons. The zero-order chi connectivity index (χ0) is 17.2. The first-order valence-electron chi connectivity index (χ1n) is 8.05. The van der Waals surface area contributed by atoms with Crippen LogP contribution < -0.4 is 4.74 Å². The van der Waals surface area contributed by atoms with Gasteiger partial charge in [0.1, 0.15) is 5.75 Å². The number of ether oxygens (including phenoxy) is 1. The summed E-state index contributed by atoms with van der Waals surface area (Å²) in [6, 6.07) is 24.6. The van der Waals surface area contributed by atoms with Gasteiger partial charge in [0.2, 0.25) is 0 Å². The first kappa shape index (κ1) is 15.7. The average Bonchev–Trinajstić information content (AvgIpc) is 2.66. The Kier molecular flexibility index (Phi) is 4.12. The van der Waals surface area contributed by atoms with E-state index in [0.717, 1.165) is 11.1 Å². The molecule has 0 amide bonds. The number of fused-ring (bicyclic) bond motifs is 1. The number of rotatable bonds is 2. The van der Waals surface area contributed by atoms with Gasteiger partial charge in [-0.25, -0.2) is 0 Å². The Morgan fingerprint density at radius 1 is 0.840 bits per heavy atom. The minimum Gasteiger partial charge on any atom is -0.480 e. The number of Topliss-reactive ketones (excluding diaryl/α,β-unsaturated/α-hetero) is 1. The van der Waals surface area contributed by atoms with Crippen LogP contribution in [0.4, 0.5) is 0 Å². The molecule has 1 unspecified atom stereocenters. The first-order valence-corrected chi connectivity index (χ1v) is 8.42. The predicted octanol–water partition coefficient (Wildman–Crippen LogP) is 5.74. The van der Waals surface area contributed by atoms with Gasteiger partial charge in [-0.1, -0.05) is 66.2 Å². The van der Waals surface area contributed by atoms with Crippen LogP contribution in [0, 0.1) is 0 Å². The fraction of sp³-hybridized carbons (Fsp3) is 0.0455. The van der Waals surface area contributed by atoms with Crippen molar-refractivity contribution >= 4 is 23.5 Å². The van der Waals surface area contributed by atoms with Crippen molar-refractivity contribution in [1.82, 2.24) is 0 Å². The Balaban J connectivity index is 1.85. The third-order valence-corrected chi connectivity index (χ3v) is 4.47. The Labute approximate surface area is 151 Å². The quantitative estimate of drug-likeness (QED) is 0.553. The molecule has 1 atom stereocenters. The maximum absolute atomic E-state index is 13.1. The second-order valence-electron chi connectivity index (χ2n) is 5.89. The molecule has 3 heteroatoms. The zero-order valence-corrected chi connectivity index (χ0v) is 14.1. The molecule has 0 aliphatic carbocycles. The maximum atomic E-state index is 13.1. The van der Waals surface area contributed by atoms with E-state index in [1.165, 1.54) is 0 Å². The molecule has 25 heavy (non-hydrogen) atoms. The molecule has 122 valence electrons. The minimum absolute atomic E-state index is 0.00865. The lowest BCUT2D eigenvalue weighted by molar-refractivity contribution is 0.0963. The van der Waals surface area contributed by atoms with Crippen molar-refractivity contribution in [3.63, 3.8) is 0 Å². The molecule has 0 saturated carbocycles.